The van der Waals surface area contributed by atoms with Crippen LogP contribution in [0.3, 0.4) is 0 Å². The van der Waals surface area contributed by atoms with Gasteiger partial charge >= 0.3 is 0 Å². The molecule has 128 valence electrons. The Bertz CT molecular complexity index is 572. The maximum Gasteiger partial charge on any atom is 0.163 e. The van der Waals surface area contributed by atoms with Gasteiger partial charge in [0, 0.05) is 6.42 Å². The molecule has 3 nitrogen and oxygen atoms in total. The summed E-state index contributed by atoms with van der Waals surface area (Å²) >= 11 is 0. The van der Waals surface area contributed by atoms with Crippen molar-refractivity contribution < 1.29 is 14.6 Å². The Morgan fingerprint density at radius 3 is 2.74 bits per heavy atom. The highest BCUT2D eigenvalue weighted by molar-refractivity contribution is 5.29. The van der Waals surface area contributed by atoms with Crippen LogP contribution < -0.4 is 5.73 Å². The fourth-order valence-electron chi connectivity index (χ4n) is 6.67. The molecule has 4 aliphatic rings. The van der Waals surface area contributed by atoms with E-state index in [1.54, 1.807) is 0 Å². The minimum Gasteiger partial charge on any atom is -0.399 e. The summed E-state index contributed by atoms with van der Waals surface area (Å²) in [4.78, 5) is 0. The third kappa shape index (κ3) is 1.88. The highest BCUT2D eigenvalue weighted by atomic mass is 19.1. The third-order valence-corrected chi connectivity index (χ3v) is 7.90. The summed E-state index contributed by atoms with van der Waals surface area (Å²) in [5.74, 6) is 1.19. The van der Waals surface area contributed by atoms with Gasteiger partial charge in [-0.05, 0) is 67.6 Å². The highest BCUT2D eigenvalue weighted by Gasteiger charge is 2.62. The molecule has 0 heterocycles. The van der Waals surface area contributed by atoms with Crippen molar-refractivity contribution >= 4 is 0 Å². The summed E-state index contributed by atoms with van der Waals surface area (Å²) in [5.41, 5.74) is 5.37. The van der Waals surface area contributed by atoms with Gasteiger partial charge in [-0.2, -0.15) is 0 Å². The molecular weight excluding hydrogens is 293 g/mol. The first-order valence-corrected chi connectivity index (χ1v) is 9.09. The number of hydrogen-bond acceptors (Lipinski definition) is 3. The van der Waals surface area contributed by atoms with Crippen molar-refractivity contribution in [2.45, 2.75) is 58.2 Å². The van der Waals surface area contributed by atoms with E-state index in [1.165, 1.54) is 12.8 Å². The minimum atomic E-state index is -1.56. The van der Waals surface area contributed by atoms with Gasteiger partial charge in [0.15, 0.2) is 6.29 Å². The Balaban J connectivity index is 1.73. The topological polar surface area (TPSA) is 66.5 Å². The molecule has 2 fully saturated rings. The van der Waals surface area contributed by atoms with E-state index in [2.05, 4.69) is 19.1 Å². The Hall–Kier alpha value is -0.870. The van der Waals surface area contributed by atoms with Crippen LogP contribution in [0.5, 0.6) is 0 Å². The van der Waals surface area contributed by atoms with E-state index in [1.807, 2.05) is 0 Å². The second-order valence-electron chi connectivity index (χ2n) is 8.47. The van der Waals surface area contributed by atoms with Gasteiger partial charge in [0.2, 0.25) is 0 Å². The van der Waals surface area contributed by atoms with E-state index >= 15 is 0 Å². The lowest BCUT2D eigenvalue weighted by molar-refractivity contribution is -0.182. The van der Waals surface area contributed by atoms with Gasteiger partial charge in [-0.1, -0.05) is 19.1 Å². The SMILES string of the molecule is C[C@]12C=CCCC1CC[C@@H]1[C@@H]2CC[C@]2(C(O)O)C(N)=C(F)C[C@@H]12. The lowest BCUT2D eigenvalue weighted by Crippen LogP contribution is -2.55. The average Bonchev–Trinajstić information content (AvgIpc) is 2.79. The third-order valence-electron chi connectivity index (χ3n) is 7.90. The molecule has 4 heteroatoms. The van der Waals surface area contributed by atoms with Crippen LogP contribution >= 0.6 is 0 Å². The van der Waals surface area contributed by atoms with E-state index in [0.29, 0.717) is 18.3 Å². The maximum atomic E-state index is 14.3. The molecule has 0 radical (unpaired) electrons. The molecule has 4 N–H and O–H groups in total. The van der Waals surface area contributed by atoms with Crippen LogP contribution in [0, 0.1) is 34.5 Å². The van der Waals surface area contributed by atoms with Gasteiger partial charge in [0.05, 0.1) is 11.1 Å². The molecule has 23 heavy (non-hydrogen) atoms. The van der Waals surface area contributed by atoms with Gasteiger partial charge in [-0.25, -0.2) is 4.39 Å². The zero-order valence-electron chi connectivity index (χ0n) is 13.8. The molecule has 0 spiro atoms. The number of aliphatic hydroxyl groups excluding tert-OH is 1. The van der Waals surface area contributed by atoms with Gasteiger partial charge in [0.1, 0.15) is 5.83 Å². The van der Waals surface area contributed by atoms with E-state index < -0.39 is 11.7 Å². The average molecular weight is 321 g/mol. The van der Waals surface area contributed by atoms with Crippen molar-refractivity contribution in [1.82, 2.24) is 0 Å². The quantitative estimate of drug-likeness (QED) is 0.513. The fourth-order valence-corrected chi connectivity index (χ4v) is 6.67. The summed E-state index contributed by atoms with van der Waals surface area (Å²) < 4.78 is 14.3. The summed E-state index contributed by atoms with van der Waals surface area (Å²) in [7, 11) is 0. The number of hydrogen-bond donors (Lipinski definition) is 3. The normalized spacial score (nSPS) is 49.1. The van der Waals surface area contributed by atoms with E-state index in [0.717, 1.165) is 25.2 Å². The van der Waals surface area contributed by atoms with Gasteiger partial charge in [0.25, 0.3) is 0 Å². The standard InChI is InChI=1S/C19H28FNO2/c1-18-8-3-2-4-11(18)5-6-12-13(18)7-9-19(17(22)23)14(12)10-15(20)16(19)21/h3,8,11-14,17,22-23H,2,4-7,9-10,21H2,1H3/t11?,12-,13+,14+,18+,19-/m1/s1. The first-order chi connectivity index (χ1) is 10.9. The molecule has 0 aliphatic heterocycles. The summed E-state index contributed by atoms with van der Waals surface area (Å²) in [6.07, 6.45) is 9.59. The maximum absolute atomic E-state index is 14.3. The molecule has 2 saturated carbocycles. The molecule has 4 rings (SSSR count). The largest absolute Gasteiger partial charge is 0.399 e. The Morgan fingerprint density at radius 1 is 1.22 bits per heavy atom. The lowest BCUT2D eigenvalue weighted by atomic mass is 9.46. The van der Waals surface area contributed by atoms with Gasteiger partial charge in [-0.15, -0.1) is 0 Å². The van der Waals surface area contributed by atoms with Crippen LogP contribution in [-0.2, 0) is 0 Å². The second-order valence-corrected chi connectivity index (χ2v) is 8.47. The monoisotopic (exact) mass is 321 g/mol. The van der Waals surface area contributed by atoms with Crippen LogP contribution in [-0.4, -0.2) is 16.5 Å². The Kier molecular flexibility index (Phi) is 3.44. The molecule has 0 bridgehead atoms. The first kappa shape index (κ1) is 15.6. The predicted molar refractivity (Wildman–Crippen MR) is 86.5 cm³/mol. The van der Waals surface area contributed by atoms with Crippen LogP contribution in [0.15, 0.2) is 23.7 Å². The zero-order chi connectivity index (χ0) is 16.4. The fraction of sp³-hybridized carbons (Fsp3) is 0.789. The molecule has 0 aromatic carbocycles. The highest BCUT2D eigenvalue weighted by Crippen LogP contribution is 2.66. The van der Waals surface area contributed by atoms with Crippen molar-refractivity contribution in [3.63, 3.8) is 0 Å². The van der Waals surface area contributed by atoms with Gasteiger partial charge < -0.3 is 15.9 Å². The number of halogens is 1. The molecule has 0 amide bonds. The molecule has 6 atom stereocenters. The number of fused-ring (bicyclic) bond motifs is 5. The van der Waals surface area contributed by atoms with Crippen LogP contribution in [0.25, 0.3) is 0 Å². The van der Waals surface area contributed by atoms with Crippen molar-refractivity contribution in [3.8, 4) is 0 Å². The number of allylic oxidation sites excluding steroid dienone is 3. The second kappa shape index (κ2) is 5.06. The van der Waals surface area contributed by atoms with Crippen molar-refractivity contribution in [2.24, 2.45) is 40.2 Å². The number of nitrogens with two attached hydrogens (primary N) is 1. The Morgan fingerprint density at radius 2 is 2.00 bits per heavy atom. The predicted octanol–water partition coefficient (Wildman–Crippen LogP) is 3.24. The number of aliphatic hydroxyl groups is 2. The molecule has 4 aliphatic carbocycles. The van der Waals surface area contributed by atoms with E-state index in [-0.39, 0.29) is 29.3 Å². The van der Waals surface area contributed by atoms with Crippen molar-refractivity contribution in [2.75, 3.05) is 0 Å². The lowest BCUT2D eigenvalue weighted by Gasteiger charge is -2.59. The van der Waals surface area contributed by atoms with Crippen molar-refractivity contribution in [3.05, 3.63) is 23.7 Å². The zero-order valence-corrected chi connectivity index (χ0v) is 13.8. The van der Waals surface area contributed by atoms with E-state index in [9.17, 15) is 14.6 Å². The summed E-state index contributed by atoms with van der Waals surface area (Å²) in [6.45, 7) is 2.37. The molecule has 0 saturated heterocycles. The Labute approximate surface area is 137 Å². The molecular formula is C19H28FNO2. The molecule has 0 aromatic heterocycles. The minimum absolute atomic E-state index is 0.0608. The van der Waals surface area contributed by atoms with Crippen LogP contribution in [0.4, 0.5) is 4.39 Å². The molecule has 1 unspecified atom stereocenters. The van der Waals surface area contributed by atoms with Gasteiger partial charge in [-0.3, -0.25) is 0 Å². The van der Waals surface area contributed by atoms with E-state index in [4.69, 9.17) is 5.73 Å². The summed E-state index contributed by atoms with van der Waals surface area (Å²) in [6, 6.07) is 0. The number of rotatable bonds is 1. The molecule has 0 aromatic rings. The van der Waals surface area contributed by atoms with Crippen LogP contribution in [0.2, 0.25) is 0 Å². The first-order valence-electron chi connectivity index (χ1n) is 9.09. The smallest absolute Gasteiger partial charge is 0.163 e. The van der Waals surface area contributed by atoms with Crippen molar-refractivity contribution in [1.29, 1.82) is 0 Å². The van der Waals surface area contributed by atoms with Crippen LogP contribution in [0.1, 0.15) is 51.9 Å². The summed E-state index contributed by atoms with van der Waals surface area (Å²) in [5, 5.41) is 20.1.